The number of rotatable bonds is 3. The molecule has 2 rings (SSSR count). The normalized spacial score (nSPS) is 14.6. The van der Waals surface area contributed by atoms with Crippen molar-refractivity contribution in [2.45, 2.75) is 6.42 Å². The van der Waals surface area contributed by atoms with Gasteiger partial charge in [0.2, 0.25) is 0 Å². The van der Waals surface area contributed by atoms with Gasteiger partial charge in [-0.3, -0.25) is 14.4 Å². The van der Waals surface area contributed by atoms with E-state index in [0.717, 1.165) is 6.42 Å². The highest BCUT2D eigenvalue weighted by Gasteiger charge is 2.20. The highest BCUT2D eigenvalue weighted by molar-refractivity contribution is 5.96. The van der Waals surface area contributed by atoms with Gasteiger partial charge in [-0.05, 0) is 18.6 Å². The largest absolute Gasteiger partial charge is 0.343 e. The summed E-state index contributed by atoms with van der Waals surface area (Å²) in [6.07, 6.45) is 0.785. The van der Waals surface area contributed by atoms with Crippen LogP contribution in [0.3, 0.4) is 0 Å². The van der Waals surface area contributed by atoms with E-state index in [-0.39, 0.29) is 18.0 Å². The lowest BCUT2D eigenvalue weighted by molar-refractivity contribution is -0.167. The van der Waals surface area contributed by atoms with Crippen LogP contribution >= 0.6 is 0 Å². The minimum absolute atomic E-state index is 0.0763. The summed E-state index contributed by atoms with van der Waals surface area (Å²) in [5.74, 6) is -1.56. The molecule has 0 radical (unpaired) electrons. The van der Waals surface area contributed by atoms with E-state index in [0.29, 0.717) is 13.2 Å². The predicted molar refractivity (Wildman–Crippen MR) is 61.0 cm³/mol. The summed E-state index contributed by atoms with van der Waals surface area (Å²) >= 11 is 0. The van der Waals surface area contributed by atoms with Crippen LogP contribution in [-0.4, -0.2) is 36.6 Å². The van der Waals surface area contributed by atoms with Gasteiger partial charge in [0.15, 0.2) is 0 Å². The fraction of sp³-hybridized carbons (Fsp3) is 0.333. The van der Waals surface area contributed by atoms with Crippen molar-refractivity contribution in [2.24, 2.45) is 0 Å². The molecule has 0 bridgehead atoms. The maximum Gasteiger partial charge on any atom is 0.265 e. The first-order valence-electron chi connectivity index (χ1n) is 5.64. The summed E-state index contributed by atoms with van der Waals surface area (Å²) < 4.78 is 13.3. The molecular formula is C12H13FN2O3. The SMILES string of the molecule is O=C(NCC(=O)N1CCCO1)c1ccccc1F. The van der Waals surface area contributed by atoms with Gasteiger partial charge in [-0.15, -0.1) is 0 Å². The molecule has 1 aromatic rings. The summed E-state index contributed by atoms with van der Waals surface area (Å²) in [7, 11) is 0. The molecule has 1 saturated heterocycles. The van der Waals surface area contributed by atoms with Crippen LogP contribution in [0.2, 0.25) is 0 Å². The van der Waals surface area contributed by atoms with E-state index in [1.807, 2.05) is 0 Å². The first-order valence-corrected chi connectivity index (χ1v) is 5.64. The molecule has 0 spiro atoms. The summed E-state index contributed by atoms with van der Waals surface area (Å²) in [5, 5.41) is 3.58. The lowest BCUT2D eigenvalue weighted by Crippen LogP contribution is -2.38. The van der Waals surface area contributed by atoms with Gasteiger partial charge in [-0.25, -0.2) is 9.45 Å². The van der Waals surface area contributed by atoms with Crippen LogP contribution in [0.1, 0.15) is 16.8 Å². The third kappa shape index (κ3) is 2.84. The standard InChI is InChI=1S/C12H13FN2O3/c13-10-5-2-1-4-9(10)12(17)14-8-11(16)15-6-3-7-18-15/h1-2,4-5H,3,6-8H2,(H,14,17). The van der Waals surface area contributed by atoms with Crippen LogP contribution in [0.25, 0.3) is 0 Å². The number of hydrogen-bond acceptors (Lipinski definition) is 3. The molecule has 1 aliphatic heterocycles. The Morgan fingerprint density at radius 2 is 2.17 bits per heavy atom. The second-order valence-corrected chi connectivity index (χ2v) is 3.85. The van der Waals surface area contributed by atoms with Crippen LogP contribution in [0.4, 0.5) is 4.39 Å². The summed E-state index contributed by atoms with van der Waals surface area (Å²) in [5.41, 5.74) is -0.0763. The number of amides is 2. The molecule has 0 aromatic heterocycles. The van der Waals surface area contributed by atoms with Crippen molar-refractivity contribution in [3.05, 3.63) is 35.6 Å². The lowest BCUT2D eigenvalue weighted by Gasteiger charge is -2.14. The third-order valence-electron chi connectivity index (χ3n) is 2.55. The van der Waals surface area contributed by atoms with Crippen molar-refractivity contribution in [1.29, 1.82) is 0 Å². The Labute approximate surface area is 103 Å². The summed E-state index contributed by atoms with van der Waals surface area (Å²) in [6, 6.07) is 5.61. The van der Waals surface area contributed by atoms with Crippen LogP contribution in [0.15, 0.2) is 24.3 Å². The second kappa shape index (κ2) is 5.59. The molecule has 1 N–H and O–H groups in total. The van der Waals surface area contributed by atoms with Crippen LogP contribution in [-0.2, 0) is 9.63 Å². The van der Waals surface area contributed by atoms with E-state index in [1.165, 1.54) is 23.3 Å². The Hall–Kier alpha value is -1.95. The summed E-state index contributed by atoms with van der Waals surface area (Å²) in [4.78, 5) is 28.2. The van der Waals surface area contributed by atoms with E-state index in [4.69, 9.17) is 4.84 Å². The molecule has 1 aromatic carbocycles. The molecule has 2 amide bonds. The molecule has 1 fully saturated rings. The molecule has 0 aliphatic carbocycles. The zero-order valence-electron chi connectivity index (χ0n) is 9.69. The number of hydroxylamine groups is 2. The second-order valence-electron chi connectivity index (χ2n) is 3.85. The zero-order chi connectivity index (χ0) is 13.0. The maximum atomic E-state index is 13.3. The molecule has 1 heterocycles. The molecular weight excluding hydrogens is 239 g/mol. The first kappa shape index (κ1) is 12.5. The molecule has 1 aliphatic rings. The van der Waals surface area contributed by atoms with Crippen molar-refractivity contribution < 1.29 is 18.8 Å². The average Bonchev–Trinajstić information content (AvgIpc) is 2.90. The van der Waals surface area contributed by atoms with E-state index in [2.05, 4.69) is 5.32 Å². The lowest BCUT2D eigenvalue weighted by atomic mass is 10.2. The maximum absolute atomic E-state index is 13.3. The average molecular weight is 252 g/mol. The first-order chi connectivity index (χ1) is 8.68. The van der Waals surface area contributed by atoms with Crippen LogP contribution < -0.4 is 5.32 Å². The minimum Gasteiger partial charge on any atom is -0.343 e. The molecule has 0 unspecified atom stereocenters. The fourth-order valence-corrected chi connectivity index (χ4v) is 1.63. The smallest absolute Gasteiger partial charge is 0.265 e. The quantitative estimate of drug-likeness (QED) is 0.862. The van der Waals surface area contributed by atoms with Crippen molar-refractivity contribution in [1.82, 2.24) is 10.4 Å². The number of hydrogen-bond donors (Lipinski definition) is 1. The topological polar surface area (TPSA) is 58.6 Å². The van der Waals surface area contributed by atoms with Crippen molar-refractivity contribution in [3.63, 3.8) is 0 Å². The van der Waals surface area contributed by atoms with Gasteiger partial charge in [0, 0.05) is 0 Å². The van der Waals surface area contributed by atoms with E-state index in [9.17, 15) is 14.0 Å². The Balaban J connectivity index is 1.88. The van der Waals surface area contributed by atoms with Crippen molar-refractivity contribution >= 4 is 11.8 Å². The number of nitrogens with zero attached hydrogens (tertiary/aromatic N) is 1. The van der Waals surface area contributed by atoms with Gasteiger partial charge >= 0.3 is 0 Å². The van der Waals surface area contributed by atoms with E-state index < -0.39 is 11.7 Å². The number of halogens is 1. The minimum atomic E-state index is -0.611. The Morgan fingerprint density at radius 1 is 1.39 bits per heavy atom. The third-order valence-corrected chi connectivity index (χ3v) is 2.55. The van der Waals surface area contributed by atoms with Crippen LogP contribution in [0.5, 0.6) is 0 Å². The Kier molecular flexibility index (Phi) is 3.88. The Bertz CT molecular complexity index is 458. The molecule has 0 saturated carbocycles. The zero-order valence-corrected chi connectivity index (χ0v) is 9.69. The van der Waals surface area contributed by atoms with Gasteiger partial charge in [0.05, 0.1) is 25.3 Å². The number of carbonyl (C=O) groups excluding carboxylic acids is 2. The predicted octanol–water partition coefficient (Wildman–Crippen LogP) is 0.719. The molecule has 96 valence electrons. The van der Waals surface area contributed by atoms with Crippen LogP contribution in [0, 0.1) is 5.82 Å². The molecule has 5 nitrogen and oxygen atoms in total. The number of benzene rings is 1. The van der Waals surface area contributed by atoms with Gasteiger partial charge in [-0.1, -0.05) is 12.1 Å². The van der Waals surface area contributed by atoms with Gasteiger partial charge in [0.25, 0.3) is 11.8 Å². The molecule has 0 atom stereocenters. The number of carbonyl (C=O) groups is 2. The highest BCUT2D eigenvalue weighted by Crippen LogP contribution is 2.06. The highest BCUT2D eigenvalue weighted by atomic mass is 19.1. The van der Waals surface area contributed by atoms with Gasteiger partial charge in [-0.2, -0.15) is 0 Å². The molecule has 18 heavy (non-hydrogen) atoms. The Morgan fingerprint density at radius 3 is 2.83 bits per heavy atom. The van der Waals surface area contributed by atoms with E-state index in [1.54, 1.807) is 6.07 Å². The number of nitrogens with one attached hydrogen (secondary N) is 1. The van der Waals surface area contributed by atoms with Crippen molar-refractivity contribution in [2.75, 3.05) is 19.7 Å². The summed E-state index contributed by atoms with van der Waals surface area (Å²) in [6.45, 7) is 0.828. The van der Waals surface area contributed by atoms with Crippen molar-refractivity contribution in [3.8, 4) is 0 Å². The monoisotopic (exact) mass is 252 g/mol. The van der Waals surface area contributed by atoms with E-state index >= 15 is 0 Å². The van der Waals surface area contributed by atoms with Gasteiger partial charge in [0.1, 0.15) is 5.82 Å². The fourth-order valence-electron chi connectivity index (χ4n) is 1.63. The molecule has 6 heteroatoms. The van der Waals surface area contributed by atoms with Gasteiger partial charge < -0.3 is 5.32 Å².